The van der Waals surface area contributed by atoms with Crippen LogP contribution >= 0.6 is 0 Å². The minimum Gasteiger partial charge on any atom is -0.480 e. The van der Waals surface area contributed by atoms with Gasteiger partial charge in [-0.25, -0.2) is 0 Å². The van der Waals surface area contributed by atoms with Crippen molar-refractivity contribution in [3.05, 3.63) is 0 Å². The molecule has 1 saturated heterocycles. The summed E-state index contributed by atoms with van der Waals surface area (Å²) in [5.41, 5.74) is 0. The summed E-state index contributed by atoms with van der Waals surface area (Å²) < 4.78 is 27.3. The monoisotopic (exact) mass is 280 g/mol. The van der Waals surface area contributed by atoms with E-state index in [9.17, 15) is 13.2 Å². The first-order valence-electron chi connectivity index (χ1n) is 5.98. The molecule has 0 saturated carbocycles. The molecule has 3 N–H and O–H groups in total. The highest BCUT2D eigenvalue weighted by molar-refractivity contribution is 7.87. The number of piperidine rings is 1. The third-order valence-electron chi connectivity index (χ3n) is 3.09. The highest BCUT2D eigenvalue weighted by Gasteiger charge is 2.30. The molecule has 7 nitrogen and oxygen atoms in total. The summed E-state index contributed by atoms with van der Waals surface area (Å²) in [6.45, 7) is 2.49. The van der Waals surface area contributed by atoms with E-state index >= 15 is 0 Å². The summed E-state index contributed by atoms with van der Waals surface area (Å²) >= 11 is 0. The van der Waals surface area contributed by atoms with Crippen molar-refractivity contribution in [2.75, 3.05) is 19.7 Å². The molecule has 0 aromatic carbocycles. The molecule has 0 radical (unpaired) electrons. The van der Waals surface area contributed by atoms with E-state index in [4.69, 9.17) is 10.2 Å². The van der Waals surface area contributed by atoms with E-state index in [0.29, 0.717) is 19.0 Å². The van der Waals surface area contributed by atoms with Crippen molar-refractivity contribution in [3.63, 3.8) is 0 Å². The highest BCUT2D eigenvalue weighted by Crippen LogP contribution is 2.18. The summed E-state index contributed by atoms with van der Waals surface area (Å²) in [7, 11) is -3.78. The van der Waals surface area contributed by atoms with Crippen LogP contribution in [0.15, 0.2) is 0 Å². The topological polar surface area (TPSA) is 107 Å². The maximum Gasteiger partial charge on any atom is 0.321 e. The second-order valence-electron chi connectivity index (χ2n) is 4.61. The number of nitrogens with zero attached hydrogens (tertiary/aromatic N) is 1. The van der Waals surface area contributed by atoms with Gasteiger partial charge in [-0.2, -0.15) is 17.4 Å². The van der Waals surface area contributed by atoms with Crippen molar-refractivity contribution in [3.8, 4) is 0 Å². The Hall–Kier alpha value is -0.700. The van der Waals surface area contributed by atoms with Gasteiger partial charge in [-0.05, 0) is 25.2 Å². The van der Waals surface area contributed by atoms with Gasteiger partial charge < -0.3 is 10.2 Å². The lowest BCUT2D eigenvalue weighted by atomic mass is 10.0. The second kappa shape index (κ2) is 6.46. The number of carboxylic acids is 1. The quantitative estimate of drug-likeness (QED) is 0.601. The van der Waals surface area contributed by atoms with Crippen LogP contribution in [0.4, 0.5) is 0 Å². The minimum absolute atomic E-state index is 0.140. The summed E-state index contributed by atoms with van der Waals surface area (Å²) in [5.74, 6) is -0.790. The van der Waals surface area contributed by atoms with Crippen molar-refractivity contribution in [1.82, 2.24) is 9.03 Å². The number of aliphatic carboxylic acids is 1. The lowest BCUT2D eigenvalue weighted by Crippen LogP contribution is -2.50. The van der Waals surface area contributed by atoms with Gasteiger partial charge in [-0.3, -0.25) is 4.79 Å². The summed E-state index contributed by atoms with van der Waals surface area (Å²) in [5, 5.41) is 17.6. The maximum atomic E-state index is 12.0. The smallest absolute Gasteiger partial charge is 0.321 e. The van der Waals surface area contributed by atoms with Gasteiger partial charge in [0.2, 0.25) is 0 Å². The van der Waals surface area contributed by atoms with Gasteiger partial charge in [0.05, 0.1) is 0 Å². The van der Waals surface area contributed by atoms with Gasteiger partial charge in [0.25, 0.3) is 10.2 Å². The normalized spacial score (nSPS) is 20.8. The number of hydrogen-bond donors (Lipinski definition) is 3. The van der Waals surface area contributed by atoms with Crippen LogP contribution < -0.4 is 4.72 Å². The van der Waals surface area contributed by atoms with Gasteiger partial charge in [-0.1, -0.05) is 6.92 Å². The van der Waals surface area contributed by atoms with Crippen LogP contribution in [-0.4, -0.2) is 54.6 Å². The number of carboxylic acid groups (broad SMARTS) is 1. The molecule has 1 aliphatic rings. The van der Waals surface area contributed by atoms with Gasteiger partial charge in [-0.15, -0.1) is 0 Å². The zero-order chi connectivity index (χ0) is 13.8. The fourth-order valence-corrected chi connectivity index (χ4v) is 3.26. The zero-order valence-corrected chi connectivity index (χ0v) is 11.2. The molecule has 8 heteroatoms. The molecular weight excluding hydrogens is 260 g/mol. The third kappa shape index (κ3) is 4.20. The fourth-order valence-electron chi connectivity index (χ4n) is 1.84. The average Bonchev–Trinajstić information content (AvgIpc) is 2.28. The maximum absolute atomic E-state index is 12.0. The van der Waals surface area contributed by atoms with Gasteiger partial charge in [0.15, 0.2) is 0 Å². The van der Waals surface area contributed by atoms with Gasteiger partial charge in [0, 0.05) is 19.7 Å². The zero-order valence-electron chi connectivity index (χ0n) is 10.4. The summed E-state index contributed by atoms with van der Waals surface area (Å²) in [4.78, 5) is 10.8. The second-order valence-corrected chi connectivity index (χ2v) is 6.31. The Labute approximate surface area is 107 Å². The average molecular weight is 280 g/mol. The molecule has 1 atom stereocenters. The molecule has 0 aromatic rings. The standard InChI is InChI=1S/C10H20N2O5S/c1-8-2-5-12(6-3-8)18(16,17)11-9(4-7-13)10(14)15/h8-9,11,13H,2-7H2,1H3,(H,14,15)/t9-/m1/s1. The summed E-state index contributed by atoms with van der Waals surface area (Å²) in [6.07, 6.45) is 1.41. The summed E-state index contributed by atoms with van der Waals surface area (Å²) in [6, 6.07) is -1.28. The van der Waals surface area contributed by atoms with E-state index in [1.165, 1.54) is 4.31 Å². The molecule has 1 heterocycles. The van der Waals surface area contributed by atoms with Crippen LogP contribution in [0.5, 0.6) is 0 Å². The predicted octanol–water partition coefficient (Wildman–Crippen LogP) is -0.612. The van der Waals surface area contributed by atoms with E-state index in [1.54, 1.807) is 0 Å². The first-order valence-corrected chi connectivity index (χ1v) is 7.42. The number of rotatable bonds is 6. The number of aliphatic hydroxyl groups is 1. The molecule has 0 aromatic heterocycles. The Kier molecular flexibility index (Phi) is 5.51. The molecule has 106 valence electrons. The van der Waals surface area contributed by atoms with Crippen molar-refractivity contribution in [2.45, 2.75) is 32.2 Å². The van der Waals surface area contributed by atoms with Crippen molar-refractivity contribution in [1.29, 1.82) is 0 Å². The molecule has 18 heavy (non-hydrogen) atoms. The number of hydrogen-bond acceptors (Lipinski definition) is 4. The van der Waals surface area contributed by atoms with Crippen LogP contribution in [0.2, 0.25) is 0 Å². The molecule has 0 amide bonds. The first kappa shape index (κ1) is 15.4. The van der Waals surface area contributed by atoms with Gasteiger partial charge >= 0.3 is 5.97 Å². The van der Waals surface area contributed by atoms with E-state index in [0.717, 1.165) is 12.8 Å². The lowest BCUT2D eigenvalue weighted by molar-refractivity contribution is -0.139. The van der Waals surface area contributed by atoms with E-state index in [2.05, 4.69) is 11.6 Å². The van der Waals surface area contributed by atoms with Gasteiger partial charge in [0.1, 0.15) is 6.04 Å². The third-order valence-corrected chi connectivity index (χ3v) is 4.72. The fraction of sp³-hybridized carbons (Fsp3) is 0.900. The molecule has 1 rings (SSSR count). The van der Waals surface area contributed by atoms with Crippen molar-refractivity contribution < 1.29 is 23.4 Å². The molecule has 1 aliphatic heterocycles. The Morgan fingerprint density at radius 1 is 1.44 bits per heavy atom. The van der Waals surface area contributed by atoms with E-state index in [1.807, 2.05) is 0 Å². The minimum atomic E-state index is -3.78. The number of nitrogens with one attached hydrogen (secondary N) is 1. The molecule has 0 spiro atoms. The van der Waals surface area contributed by atoms with E-state index < -0.39 is 22.2 Å². The van der Waals surface area contributed by atoms with Crippen LogP contribution in [0.1, 0.15) is 26.2 Å². The first-order chi connectivity index (χ1) is 8.36. The van der Waals surface area contributed by atoms with Crippen LogP contribution in [0.25, 0.3) is 0 Å². The van der Waals surface area contributed by atoms with Crippen molar-refractivity contribution >= 4 is 16.2 Å². The SMILES string of the molecule is CC1CCN(S(=O)(=O)N[C@H](CCO)C(=O)O)CC1. The molecule has 0 aliphatic carbocycles. The molecule has 0 bridgehead atoms. The Morgan fingerprint density at radius 2 is 2.00 bits per heavy atom. The number of carbonyl (C=O) groups is 1. The van der Waals surface area contributed by atoms with Crippen LogP contribution in [-0.2, 0) is 15.0 Å². The molecule has 1 fully saturated rings. The molecule has 0 unspecified atom stereocenters. The number of aliphatic hydroxyl groups excluding tert-OH is 1. The van der Waals surface area contributed by atoms with E-state index in [-0.39, 0.29) is 13.0 Å². The Balaban J connectivity index is 2.65. The van der Waals surface area contributed by atoms with Crippen LogP contribution in [0, 0.1) is 5.92 Å². The predicted molar refractivity (Wildman–Crippen MR) is 65.2 cm³/mol. The Morgan fingerprint density at radius 3 is 2.44 bits per heavy atom. The Bertz CT molecular complexity index is 376. The van der Waals surface area contributed by atoms with Crippen LogP contribution in [0.3, 0.4) is 0 Å². The lowest BCUT2D eigenvalue weighted by Gasteiger charge is -2.30. The largest absolute Gasteiger partial charge is 0.480 e. The highest BCUT2D eigenvalue weighted by atomic mass is 32.2. The van der Waals surface area contributed by atoms with Crippen molar-refractivity contribution in [2.24, 2.45) is 5.92 Å². The molecular formula is C10H20N2O5S.